The summed E-state index contributed by atoms with van der Waals surface area (Å²) in [4.78, 5) is 4.15. The molecule has 120 valence electrons. The highest BCUT2D eigenvalue weighted by Gasteiger charge is 2.35. The SMILES string of the molecule is C.C=C(NCC/C(C)=C/N=CC)C1CC2CCCCC2N1. The molecule has 1 saturated carbocycles. The zero-order valence-corrected chi connectivity index (χ0v) is 13.0. The van der Waals surface area contributed by atoms with Gasteiger partial charge in [-0.15, -0.1) is 0 Å². The van der Waals surface area contributed by atoms with Gasteiger partial charge in [0.05, 0.1) is 0 Å². The summed E-state index contributed by atoms with van der Waals surface area (Å²) < 4.78 is 0. The van der Waals surface area contributed by atoms with Crippen molar-refractivity contribution in [3.05, 3.63) is 24.0 Å². The molecule has 3 nitrogen and oxygen atoms in total. The molecule has 0 bridgehead atoms. The molecule has 3 heteroatoms. The van der Waals surface area contributed by atoms with Gasteiger partial charge in [0.25, 0.3) is 0 Å². The molecule has 0 aromatic heterocycles. The van der Waals surface area contributed by atoms with Gasteiger partial charge in [0.15, 0.2) is 0 Å². The minimum absolute atomic E-state index is 0. The largest absolute Gasteiger partial charge is 0.387 e. The van der Waals surface area contributed by atoms with Gasteiger partial charge < -0.3 is 10.6 Å². The van der Waals surface area contributed by atoms with Gasteiger partial charge in [-0.1, -0.05) is 32.4 Å². The molecule has 0 aromatic rings. The van der Waals surface area contributed by atoms with E-state index in [0.717, 1.165) is 24.9 Å². The van der Waals surface area contributed by atoms with Gasteiger partial charge in [0, 0.05) is 36.7 Å². The van der Waals surface area contributed by atoms with E-state index in [4.69, 9.17) is 0 Å². The van der Waals surface area contributed by atoms with Crippen molar-refractivity contribution < 1.29 is 0 Å². The smallest absolute Gasteiger partial charge is 0.0468 e. The lowest BCUT2D eigenvalue weighted by Crippen LogP contribution is -2.36. The molecule has 21 heavy (non-hydrogen) atoms. The molecule has 1 aliphatic carbocycles. The second kappa shape index (κ2) is 9.04. The van der Waals surface area contributed by atoms with Gasteiger partial charge in [-0.25, -0.2) is 0 Å². The quantitative estimate of drug-likeness (QED) is 0.725. The molecule has 2 rings (SSSR count). The van der Waals surface area contributed by atoms with E-state index in [0.29, 0.717) is 6.04 Å². The Bertz CT molecular complexity index is 370. The van der Waals surface area contributed by atoms with Gasteiger partial charge in [0.2, 0.25) is 0 Å². The van der Waals surface area contributed by atoms with Crippen molar-refractivity contribution in [1.29, 1.82) is 0 Å². The number of nitrogens with one attached hydrogen (secondary N) is 2. The average Bonchev–Trinajstić information content (AvgIpc) is 2.89. The zero-order chi connectivity index (χ0) is 14.4. The standard InChI is InChI=1S/C17H29N3.CH4/c1-4-18-12-13(2)9-10-19-14(3)17-11-15-7-5-6-8-16(15)20-17;/h4,12,15-17,19-20H,3,5-11H2,1-2H3;1H4/b13-12+,18-4?;. The number of aliphatic imine (C=N–C) groups is 1. The van der Waals surface area contributed by atoms with Crippen LogP contribution in [0.25, 0.3) is 0 Å². The molecule has 2 fully saturated rings. The van der Waals surface area contributed by atoms with Crippen LogP contribution in [0.5, 0.6) is 0 Å². The Balaban J connectivity index is 0.00000220. The first-order chi connectivity index (χ1) is 9.70. The predicted octanol–water partition coefficient (Wildman–Crippen LogP) is 4.03. The van der Waals surface area contributed by atoms with Crippen LogP contribution in [0.3, 0.4) is 0 Å². The average molecular weight is 291 g/mol. The van der Waals surface area contributed by atoms with Crippen molar-refractivity contribution in [2.24, 2.45) is 10.9 Å². The monoisotopic (exact) mass is 291 g/mol. The minimum Gasteiger partial charge on any atom is -0.387 e. The number of rotatable bonds is 6. The van der Waals surface area contributed by atoms with Crippen LogP contribution >= 0.6 is 0 Å². The Kier molecular flexibility index (Phi) is 7.73. The van der Waals surface area contributed by atoms with Gasteiger partial charge >= 0.3 is 0 Å². The molecule has 2 N–H and O–H groups in total. The minimum atomic E-state index is 0. The summed E-state index contributed by atoms with van der Waals surface area (Å²) >= 11 is 0. The first kappa shape index (κ1) is 18.0. The number of hydrogen-bond donors (Lipinski definition) is 2. The Labute approximate surface area is 131 Å². The van der Waals surface area contributed by atoms with Crippen LogP contribution in [-0.4, -0.2) is 24.8 Å². The van der Waals surface area contributed by atoms with Gasteiger partial charge in [-0.2, -0.15) is 0 Å². The topological polar surface area (TPSA) is 36.4 Å². The molecule has 3 unspecified atom stereocenters. The summed E-state index contributed by atoms with van der Waals surface area (Å²) in [6.07, 6.45) is 11.6. The first-order valence-corrected chi connectivity index (χ1v) is 8.03. The van der Waals surface area contributed by atoms with Crippen molar-refractivity contribution in [2.45, 2.75) is 71.9 Å². The molecular formula is C18H33N3. The van der Waals surface area contributed by atoms with Crippen molar-refractivity contribution in [1.82, 2.24) is 10.6 Å². The van der Waals surface area contributed by atoms with Gasteiger partial charge in [0.1, 0.15) is 0 Å². The molecule has 1 heterocycles. The highest BCUT2D eigenvalue weighted by Crippen LogP contribution is 2.34. The molecule has 0 aromatic carbocycles. The molecule has 0 amide bonds. The van der Waals surface area contributed by atoms with E-state index in [1.54, 1.807) is 0 Å². The summed E-state index contributed by atoms with van der Waals surface area (Å²) in [5, 5.41) is 7.26. The number of nitrogens with zero attached hydrogens (tertiary/aromatic N) is 1. The second-order valence-corrected chi connectivity index (χ2v) is 6.19. The van der Waals surface area contributed by atoms with Crippen LogP contribution < -0.4 is 10.6 Å². The lowest BCUT2D eigenvalue weighted by molar-refractivity contribution is 0.326. The molecule has 3 atom stereocenters. The molecular weight excluding hydrogens is 258 g/mol. The van der Waals surface area contributed by atoms with Crippen LogP contribution in [0.4, 0.5) is 0 Å². The Morgan fingerprint density at radius 2 is 2.14 bits per heavy atom. The predicted molar refractivity (Wildman–Crippen MR) is 93.7 cm³/mol. The Morgan fingerprint density at radius 3 is 2.86 bits per heavy atom. The fraction of sp³-hybridized carbons (Fsp3) is 0.722. The maximum atomic E-state index is 4.23. The summed E-state index contributed by atoms with van der Waals surface area (Å²) in [5.74, 6) is 0.882. The van der Waals surface area contributed by atoms with Gasteiger partial charge in [-0.3, -0.25) is 4.99 Å². The normalized spacial score (nSPS) is 29.0. The Morgan fingerprint density at radius 1 is 1.38 bits per heavy atom. The van der Waals surface area contributed by atoms with Crippen LogP contribution in [0.15, 0.2) is 29.0 Å². The number of fused-ring (bicyclic) bond motifs is 1. The second-order valence-electron chi connectivity index (χ2n) is 6.19. The maximum Gasteiger partial charge on any atom is 0.0468 e. The van der Waals surface area contributed by atoms with Crippen LogP contribution in [0, 0.1) is 5.92 Å². The van der Waals surface area contributed by atoms with E-state index in [-0.39, 0.29) is 7.43 Å². The van der Waals surface area contributed by atoms with Crippen molar-refractivity contribution >= 4 is 6.21 Å². The van der Waals surface area contributed by atoms with E-state index in [9.17, 15) is 0 Å². The van der Waals surface area contributed by atoms with Crippen LogP contribution in [0.2, 0.25) is 0 Å². The highest BCUT2D eigenvalue weighted by atomic mass is 15.1. The zero-order valence-electron chi connectivity index (χ0n) is 13.0. The van der Waals surface area contributed by atoms with Gasteiger partial charge in [-0.05, 0) is 45.4 Å². The third kappa shape index (κ3) is 5.31. The lowest BCUT2D eigenvalue weighted by atomic mass is 9.85. The fourth-order valence-corrected chi connectivity index (χ4v) is 3.39. The van der Waals surface area contributed by atoms with E-state index in [1.165, 1.54) is 43.4 Å². The Hall–Kier alpha value is -1.09. The highest BCUT2D eigenvalue weighted by molar-refractivity contribution is 5.54. The van der Waals surface area contributed by atoms with Crippen molar-refractivity contribution in [2.75, 3.05) is 6.54 Å². The molecule has 1 saturated heterocycles. The first-order valence-electron chi connectivity index (χ1n) is 8.03. The molecule has 0 spiro atoms. The van der Waals surface area contributed by atoms with Crippen LogP contribution in [-0.2, 0) is 0 Å². The third-order valence-corrected chi connectivity index (χ3v) is 4.60. The van der Waals surface area contributed by atoms with Crippen LogP contribution in [0.1, 0.15) is 59.8 Å². The summed E-state index contributed by atoms with van der Waals surface area (Å²) in [7, 11) is 0. The fourth-order valence-electron chi connectivity index (χ4n) is 3.39. The van der Waals surface area contributed by atoms with E-state index < -0.39 is 0 Å². The van der Waals surface area contributed by atoms with E-state index >= 15 is 0 Å². The van der Waals surface area contributed by atoms with E-state index in [2.05, 4.69) is 29.1 Å². The molecule has 0 radical (unpaired) electrons. The maximum absolute atomic E-state index is 4.23. The van der Waals surface area contributed by atoms with E-state index in [1.807, 2.05) is 19.3 Å². The summed E-state index contributed by atoms with van der Waals surface area (Å²) in [6.45, 7) is 9.25. The van der Waals surface area contributed by atoms with Crippen molar-refractivity contribution in [3.63, 3.8) is 0 Å². The molecule has 2 aliphatic rings. The number of hydrogen-bond acceptors (Lipinski definition) is 3. The third-order valence-electron chi connectivity index (χ3n) is 4.60. The molecule has 1 aliphatic heterocycles. The summed E-state index contributed by atoms with van der Waals surface area (Å²) in [6, 6.07) is 1.22. The lowest BCUT2D eigenvalue weighted by Gasteiger charge is -2.24. The summed E-state index contributed by atoms with van der Waals surface area (Å²) in [5.41, 5.74) is 2.47. The van der Waals surface area contributed by atoms with Crippen molar-refractivity contribution in [3.8, 4) is 0 Å².